The zero-order valence-corrected chi connectivity index (χ0v) is 16.5. The highest BCUT2D eigenvalue weighted by Gasteiger charge is 2.55. The molecule has 2 aromatic carbocycles. The van der Waals surface area contributed by atoms with Crippen LogP contribution in [0.15, 0.2) is 54.6 Å². The van der Waals surface area contributed by atoms with Gasteiger partial charge in [0.25, 0.3) is 5.69 Å². The number of carbonyl (C=O) groups excluding carboxylic acids is 1. The number of para-hydroxylation sites is 1. The van der Waals surface area contributed by atoms with Gasteiger partial charge in [-0.2, -0.15) is 0 Å². The van der Waals surface area contributed by atoms with Crippen molar-refractivity contribution < 1.29 is 19.2 Å². The smallest absolute Gasteiger partial charge is 0.313 e. The highest BCUT2D eigenvalue weighted by molar-refractivity contribution is 6.32. The van der Waals surface area contributed by atoms with Gasteiger partial charge in [-0.05, 0) is 43.0 Å². The molecule has 2 aromatic rings. The maximum atomic E-state index is 12.4. The molecule has 1 heterocycles. The van der Waals surface area contributed by atoms with Crippen LogP contribution < -0.4 is 4.74 Å². The Bertz CT molecular complexity index is 1000. The number of benzene rings is 2. The van der Waals surface area contributed by atoms with Crippen molar-refractivity contribution in [3.05, 3.63) is 80.9 Å². The number of allylic oxidation sites excluding steroid dienone is 1. The van der Waals surface area contributed by atoms with E-state index in [0.29, 0.717) is 35.8 Å². The van der Waals surface area contributed by atoms with Crippen molar-refractivity contribution >= 4 is 23.3 Å². The van der Waals surface area contributed by atoms with Crippen LogP contribution in [-0.4, -0.2) is 17.5 Å². The molecule has 2 fully saturated rings. The highest BCUT2D eigenvalue weighted by Crippen LogP contribution is 2.52. The molecule has 0 aromatic heterocycles. The lowest BCUT2D eigenvalue weighted by atomic mass is 9.75. The van der Waals surface area contributed by atoms with Crippen molar-refractivity contribution in [2.24, 2.45) is 11.3 Å². The van der Waals surface area contributed by atoms with E-state index < -0.39 is 10.3 Å². The van der Waals surface area contributed by atoms with Crippen LogP contribution in [0, 0.1) is 21.4 Å². The molecule has 2 aliphatic rings. The van der Waals surface area contributed by atoms with Gasteiger partial charge in [-0.1, -0.05) is 42.0 Å². The van der Waals surface area contributed by atoms with Gasteiger partial charge in [0, 0.05) is 12.0 Å². The van der Waals surface area contributed by atoms with Crippen LogP contribution in [0.1, 0.15) is 24.0 Å². The van der Waals surface area contributed by atoms with Crippen LogP contribution in [0.25, 0.3) is 0 Å². The summed E-state index contributed by atoms with van der Waals surface area (Å²) in [5, 5.41) is 11.5. The first-order valence-corrected chi connectivity index (χ1v) is 9.74. The minimum absolute atomic E-state index is 0.00610. The average molecular weight is 414 g/mol. The molecule has 2 atom stereocenters. The second-order valence-electron chi connectivity index (χ2n) is 7.70. The molecule has 1 aliphatic carbocycles. The van der Waals surface area contributed by atoms with Gasteiger partial charge in [-0.3, -0.25) is 14.9 Å². The number of fused-ring (bicyclic) bond motifs is 1. The molecule has 0 N–H and O–H groups in total. The molecular weight excluding hydrogens is 394 g/mol. The summed E-state index contributed by atoms with van der Waals surface area (Å²) in [6.07, 6.45) is 2.00. The first-order chi connectivity index (χ1) is 13.9. The first kappa shape index (κ1) is 19.5. The number of hydrogen-bond acceptors (Lipinski definition) is 5. The molecule has 6 nitrogen and oxygen atoms in total. The second-order valence-corrected chi connectivity index (χ2v) is 8.11. The maximum Gasteiger partial charge on any atom is 0.313 e. The van der Waals surface area contributed by atoms with E-state index in [1.165, 1.54) is 6.07 Å². The summed E-state index contributed by atoms with van der Waals surface area (Å²) >= 11 is 6.40. The van der Waals surface area contributed by atoms with Crippen LogP contribution in [-0.2, 0) is 22.6 Å². The van der Waals surface area contributed by atoms with Crippen molar-refractivity contribution in [3.63, 3.8) is 0 Å². The third-order valence-electron chi connectivity index (χ3n) is 5.79. The summed E-state index contributed by atoms with van der Waals surface area (Å²) in [5.41, 5.74) is 1.94. The Morgan fingerprint density at radius 3 is 2.86 bits per heavy atom. The van der Waals surface area contributed by atoms with Crippen LogP contribution >= 0.6 is 11.6 Å². The standard InChI is InChI=1S/C22H20ClNO5/c1-14-8-17-13-29-21(25)22(17,10-14)11-15-6-7-20(18(23)9-15)28-12-16-4-2-3-5-19(16)24(26)27/h2-7,9,17H,1,8,10-13H2. The summed E-state index contributed by atoms with van der Waals surface area (Å²) in [6.45, 7) is 4.54. The highest BCUT2D eigenvalue weighted by atomic mass is 35.5. The number of nitrogens with zero attached hydrogens (tertiary/aromatic N) is 1. The number of halogens is 1. The van der Waals surface area contributed by atoms with E-state index in [9.17, 15) is 14.9 Å². The van der Waals surface area contributed by atoms with Gasteiger partial charge in [0.05, 0.1) is 27.5 Å². The molecular formula is C22H20ClNO5. The fraction of sp³-hybridized carbons (Fsp3) is 0.318. The second kappa shape index (κ2) is 7.52. The molecule has 2 unspecified atom stereocenters. The molecule has 29 heavy (non-hydrogen) atoms. The van der Waals surface area contributed by atoms with Gasteiger partial charge in [0.1, 0.15) is 12.4 Å². The summed E-state index contributed by atoms with van der Waals surface area (Å²) < 4.78 is 11.0. The Hall–Kier alpha value is -2.86. The topological polar surface area (TPSA) is 78.7 Å². The van der Waals surface area contributed by atoms with Crippen molar-refractivity contribution in [1.82, 2.24) is 0 Å². The normalized spacial score (nSPS) is 23.0. The lowest BCUT2D eigenvalue weighted by molar-refractivity contribution is -0.385. The van der Waals surface area contributed by atoms with Crippen molar-refractivity contribution in [3.8, 4) is 5.75 Å². The predicted octanol–water partition coefficient (Wildman–Crippen LogP) is 4.88. The van der Waals surface area contributed by atoms with Crippen LogP contribution in [0.4, 0.5) is 5.69 Å². The van der Waals surface area contributed by atoms with Crippen LogP contribution in [0.5, 0.6) is 5.75 Å². The van der Waals surface area contributed by atoms with Gasteiger partial charge in [-0.25, -0.2) is 0 Å². The molecule has 1 aliphatic heterocycles. The van der Waals surface area contributed by atoms with Gasteiger partial charge >= 0.3 is 5.97 Å². The SMILES string of the molecule is C=C1CC2COC(=O)C2(Cc2ccc(OCc3ccccc3[N+](=O)[O-])c(Cl)c2)C1. The monoisotopic (exact) mass is 413 g/mol. The van der Waals surface area contributed by atoms with Crippen LogP contribution in [0.2, 0.25) is 5.02 Å². The van der Waals surface area contributed by atoms with Gasteiger partial charge in [0.2, 0.25) is 0 Å². The lowest BCUT2D eigenvalue weighted by Crippen LogP contribution is -2.31. The van der Waals surface area contributed by atoms with Gasteiger partial charge < -0.3 is 9.47 Å². The van der Waals surface area contributed by atoms with E-state index in [1.54, 1.807) is 30.3 Å². The molecule has 0 bridgehead atoms. The number of cyclic esters (lactones) is 1. The predicted molar refractivity (Wildman–Crippen MR) is 108 cm³/mol. The van der Waals surface area contributed by atoms with E-state index in [4.69, 9.17) is 21.1 Å². The number of esters is 1. The minimum Gasteiger partial charge on any atom is -0.487 e. The number of hydrogen-bond donors (Lipinski definition) is 0. The molecule has 7 heteroatoms. The molecule has 4 rings (SSSR count). The maximum absolute atomic E-state index is 12.4. The third kappa shape index (κ3) is 3.60. The average Bonchev–Trinajstić information content (AvgIpc) is 3.15. The van der Waals surface area contributed by atoms with Crippen molar-refractivity contribution in [2.75, 3.05) is 6.61 Å². The number of carbonyl (C=O) groups is 1. The van der Waals surface area contributed by atoms with Gasteiger partial charge in [-0.15, -0.1) is 0 Å². The zero-order chi connectivity index (χ0) is 20.6. The Morgan fingerprint density at radius 1 is 1.31 bits per heavy atom. The molecule has 0 spiro atoms. The Balaban J connectivity index is 1.50. The molecule has 0 radical (unpaired) electrons. The summed E-state index contributed by atoms with van der Waals surface area (Å²) in [6, 6.07) is 11.8. The van der Waals surface area contributed by atoms with E-state index in [1.807, 2.05) is 6.07 Å². The van der Waals surface area contributed by atoms with Gasteiger partial charge in [0.15, 0.2) is 0 Å². The Morgan fingerprint density at radius 2 is 2.10 bits per heavy atom. The van der Waals surface area contributed by atoms with Crippen LogP contribution in [0.3, 0.4) is 0 Å². The number of nitro groups is 1. The summed E-state index contributed by atoms with van der Waals surface area (Å²) in [7, 11) is 0. The summed E-state index contributed by atoms with van der Waals surface area (Å²) in [4.78, 5) is 23.1. The zero-order valence-electron chi connectivity index (χ0n) is 15.7. The fourth-order valence-corrected chi connectivity index (χ4v) is 4.62. The van der Waals surface area contributed by atoms with E-state index in [0.717, 1.165) is 17.6 Å². The number of nitro benzene ring substituents is 1. The molecule has 150 valence electrons. The largest absolute Gasteiger partial charge is 0.487 e. The summed E-state index contributed by atoms with van der Waals surface area (Å²) in [5.74, 6) is 0.442. The third-order valence-corrected chi connectivity index (χ3v) is 6.09. The molecule has 1 saturated carbocycles. The lowest BCUT2D eigenvalue weighted by Gasteiger charge is -2.24. The molecule has 1 saturated heterocycles. The number of ether oxygens (including phenoxy) is 2. The van der Waals surface area contributed by atoms with Crippen molar-refractivity contribution in [2.45, 2.75) is 25.9 Å². The van der Waals surface area contributed by atoms with E-state index in [-0.39, 0.29) is 24.2 Å². The fourth-order valence-electron chi connectivity index (χ4n) is 4.36. The minimum atomic E-state index is -0.548. The van der Waals surface area contributed by atoms with E-state index in [2.05, 4.69) is 6.58 Å². The number of rotatable bonds is 6. The first-order valence-electron chi connectivity index (χ1n) is 9.36. The van der Waals surface area contributed by atoms with E-state index >= 15 is 0 Å². The Labute approximate surface area is 173 Å². The quantitative estimate of drug-likeness (QED) is 0.292. The molecule has 0 amide bonds. The Kier molecular flexibility index (Phi) is 5.04. The van der Waals surface area contributed by atoms with Crippen molar-refractivity contribution in [1.29, 1.82) is 0 Å².